The summed E-state index contributed by atoms with van der Waals surface area (Å²) < 4.78 is 0. The van der Waals surface area contributed by atoms with Gasteiger partial charge in [0.25, 0.3) is 5.69 Å². The minimum absolute atomic E-state index is 0.00726. The Labute approximate surface area is 105 Å². The molecule has 98 valence electrons. The summed E-state index contributed by atoms with van der Waals surface area (Å²) in [6.45, 7) is 4.47. The Hall–Kier alpha value is -2.11. The van der Waals surface area contributed by atoms with Gasteiger partial charge in [0.1, 0.15) is 5.69 Å². The number of nitro groups is 1. The highest BCUT2D eigenvalue weighted by molar-refractivity contribution is 5.69. The summed E-state index contributed by atoms with van der Waals surface area (Å²) in [5, 5.41) is 19.6. The zero-order valence-corrected chi connectivity index (χ0v) is 10.4. The topological polar surface area (TPSA) is 83.7 Å². The van der Waals surface area contributed by atoms with Gasteiger partial charge in [-0.3, -0.25) is 14.9 Å². The molecule has 0 atom stereocenters. The third-order valence-corrected chi connectivity index (χ3v) is 2.65. The van der Waals surface area contributed by atoms with E-state index >= 15 is 0 Å². The molecule has 0 fully saturated rings. The van der Waals surface area contributed by atoms with Crippen molar-refractivity contribution in [3.05, 3.63) is 33.9 Å². The summed E-state index contributed by atoms with van der Waals surface area (Å²) in [5.41, 5.74) is 1.39. The lowest BCUT2D eigenvalue weighted by Crippen LogP contribution is -2.26. The van der Waals surface area contributed by atoms with Crippen molar-refractivity contribution >= 4 is 17.3 Å². The van der Waals surface area contributed by atoms with E-state index in [2.05, 4.69) is 0 Å². The predicted molar refractivity (Wildman–Crippen MR) is 68.0 cm³/mol. The number of carboxylic acid groups (broad SMARTS) is 1. The number of nitrogens with zero attached hydrogens (tertiary/aromatic N) is 2. The fraction of sp³-hybridized carbons (Fsp3) is 0.417. The van der Waals surface area contributed by atoms with Crippen molar-refractivity contribution in [1.29, 1.82) is 0 Å². The van der Waals surface area contributed by atoms with Gasteiger partial charge in [0.05, 0.1) is 11.3 Å². The van der Waals surface area contributed by atoms with Crippen molar-refractivity contribution in [3.8, 4) is 0 Å². The molecule has 0 aliphatic rings. The molecular formula is C12H16N2O4. The van der Waals surface area contributed by atoms with Gasteiger partial charge in [0, 0.05) is 19.2 Å². The number of benzene rings is 1. The van der Waals surface area contributed by atoms with Crippen LogP contribution in [-0.2, 0) is 4.79 Å². The molecule has 1 aromatic carbocycles. The Morgan fingerprint density at radius 1 is 1.50 bits per heavy atom. The highest BCUT2D eigenvalue weighted by Gasteiger charge is 2.18. The number of aryl methyl sites for hydroxylation is 1. The number of aliphatic carboxylic acids is 1. The van der Waals surface area contributed by atoms with Gasteiger partial charge in [-0.2, -0.15) is 0 Å². The van der Waals surface area contributed by atoms with Crippen LogP contribution in [0.4, 0.5) is 11.4 Å². The van der Waals surface area contributed by atoms with Crippen LogP contribution in [0.2, 0.25) is 0 Å². The van der Waals surface area contributed by atoms with E-state index in [9.17, 15) is 14.9 Å². The second-order valence-electron chi connectivity index (χ2n) is 3.97. The number of hydrogen-bond donors (Lipinski definition) is 1. The first-order chi connectivity index (χ1) is 8.45. The van der Waals surface area contributed by atoms with Gasteiger partial charge in [0.15, 0.2) is 0 Å². The summed E-state index contributed by atoms with van der Waals surface area (Å²) >= 11 is 0. The molecule has 0 unspecified atom stereocenters. The smallest absolute Gasteiger partial charge is 0.305 e. The third kappa shape index (κ3) is 3.44. The second-order valence-corrected chi connectivity index (χ2v) is 3.97. The summed E-state index contributed by atoms with van der Waals surface area (Å²) in [6.07, 6.45) is -0.0427. The van der Waals surface area contributed by atoms with E-state index in [0.29, 0.717) is 12.2 Å². The van der Waals surface area contributed by atoms with Crippen molar-refractivity contribution in [1.82, 2.24) is 0 Å². The Bertz CT molecular complexity index is 459. The number of carbonyl (C=O) groups is 1. The fourth-order valence-electron chi connectivity index (χ4n) is 1.72. The Morgan fingerprint density at radius 3 is 2.67 bits per heavy atom. The maximum Gasteiger partial charge on any atom is 0.305 e. The van der Waals surface area contributed by atoms with Gasteiger partial charge in [-0.1, -0.05) is 6.07 Å². The lowest BCUT2D eigenvalue weighted by atomic mass is 10.1. The lowest BCUT2D eigenvalue weighted by molar-refractivity contribution is -0.384. The molecular weight excluding hydrogens is 236 g/mol. The second kappa shape index (κ2) is 6.00. The van der Waals surface area contributed by atoms with E-state index in [-0.39, 0.29) is 18.7 Å². The first-order valence-electron chi connectivity index (χ1n) is 5.67. The molecule has 0 spiro atoms. The van der Waals surface area contributed by atoms with E-state index in [1.807, 2.05) is 13.8 Å². The minimum Gasteiger partial charge on any atom is -0.481 e. The molecule has 18 heavy (non-hydrogen) atoms. The van der Waals surface area contributed by atoms with E-state index in [1.54, 1.807) is 17.0 Å². The van der Waals surface area contributed by atoms with Crippen molar-refractivity contribution in [2.45, 2.75) is 20.3 Å². The molecule has 1 aromatic rings. The number of anilines is 1. The average molecular weight is 252 g/mol. The van der Waals surface area contributed by atoms with E-state index in [0.717, 1.165) is 5.56 Å². The van der Waals surface area contributed by atoms with Crippen molar-refractivity contribution in [3.63, 3.8) is 0 Å². The molecule has 0 bridgehead atoms. The molecule has 0 radical (unpaired) electrons. The summed E-state index contributed by atoms with van der Waals surface area (Å²) in [5.74, 6) is -0.913. The monoisotopic (exact) mass is 252 g/mol. The van der Waals surface area contributed by atoms with Crippen LogP contribution in [0.15, 0.2) is 18.2 Å². The third-order valence-electron chi connectivity index (χ3n) is 2.65. The van der Waals surface area contributed by atoms with Crippen LogP contribution in [0.3, 0.4) is 0 Å². The molecule has 0 saturated heterocycles. The van der Waals surface area contributed by atoms with Crippen molar-refractivity contribution in [2.75, 3.05) is 18.0 Å². The molecule has 0 heterocycles. The van der Waals surface area contributed by atoms with Crippen molar-refractivity contribution in [2.24, 2.45) is 0 Å². The molecule has 6 nitrogen and oxygen atoms in total. The Balaban J connectivity index is 3.06. The van der Waals surface area contributed by atoms with Crippen LogP contribution in [0.1, 0.15) is 18.9 Å². The van der Waals surface area contributed by atoms with Crippen LogP contribution in [-0.4, -0.2) is 29.1 Å². The number of nitro benzene ring substituents is 1. The summed E-state index contributed by atoms with van der Waals surface area (Å²) in [7, 11) is 0. The van der Waals surface area contributed by atoms with Gasteiger partial charge >= 0.3 is 5.97 Å². The fourth-order valence-corrected chi connectivity index (χ4v) is 1.72. The predicted octanol–water partition coefficient (Wildman–Crippen LogP) is 2.20. The molecule has 6 heteroatoms. The molecule has 1 rings (SSSR count). The standard InChI is InChI=1S/C12H16N2O4/c1-3-13(7-6-12(15)16)11-8-9(2)4-5-10(11)14(17)18/h4-5,8H,3,6-7H2,1-2H3,(H,15,16). The summed E-state index contributed by atoms with van der Waals surface area (Å²) in [6, 6.07) is 4.84. The largest absolute Gasteiger partial charge is 0.481 e. The molecule has 0 aliphatic heterocycles. The molecule has 0 aromatic heterocycles. The highest BCUT2D eigenvalue weighted by atomic mass is 16.6. The van der Waals surface area contributed by atoms with Gasteiger partial charge in [-0.25, -0.2) is 0 Å². The lowest BCUT2D eigenvalue weighted by Gasteiger charge is -2.22. The first kappa shape index (κ1) is 14.0. The van der Waals surface area contributed by atoms with E-state index < -0.39 is 10.9 Å². The minimum atomic E-state index is -0.913. The molecule has 0 amide bonds. The molecule has 0 aliphatic carbocycles. The molecule has 1 N–H and O–H groups in total. The highest BCUT2D eigenvalue weighted by Crippen LogP contribution is 2.29. The normalized spacial score (nSPS) is 10.1. The van der Waals surface area contributed by atoms with Gasteiger partial charge in [-0.15, -0.1) is 0 Å². The van der Waals surface area contributed by atoms with Gasteiger partial charge < -0.3 is 10.0 Å². The number of rotatable bonds is 6. The quantitative estimate of drug-likeness (QED) is 0.619. The van der Waals surface area contributed by atoms with Crippen molar-refractivity contribution < 1.29 is 14.8 Å². The number of hydrogen-bond acceptors (Lipinski definition) is 4. The zero-order chi connectivity index (χ0) is 13.7. The van der Waals surface area contributed by atoms with Crippen LogP contribution in [0, 0.1) is 17.0 Å². The van der Waals surface area contributed by atoms with Crippen LogP contribution in [0.25, 0.3) is 0 Å². The number of carboxylic acids is 1. The zero-order valence-electron chi connectivity index (χ0n) is 10.4. The Morgan fingerprint density at radius 2 is 2.17 bits per heavy atom. The SMILES string of the molecule is CCN(CCC(=O)O)c1cc(C)ccc1[N+](=O)[O-]. The average Bonchev–Trinajstić information content (AvgIpc) is 2.29. The maximum atomic E-state index is 11.0. The van der Waals surface area contributed by atoms with E-state index in [4.69, 9.17) is 5.11 Å². The maximum absolute atomic E-state index is 11.0. The van der Waals surface area contributed by atoms with Crippen LogP contribution in [0.5, 0.6) is 0 Å². The van der Waals surface area contributed by atoms with Crippen LogP contribution >= 0.6 is 0 Å². The van der Waals surface area contributed by atoms with Gasteiger partial charge in [-0.05, 0) is 25.5 Å². The molecule has 0 saturated carbocycles. The Kier molecular flexibility index (Phi) is 4.65. The van der Waals surface area contributed by atoms with Gasteiger partial charge in [0.2, 0.25) is 0 Å². The summed E-state index contributed by atoms with van der Waals surface area (Å²) in [4.78, 5) is 22.8. The van der Waals surface area contributed by atoms with E-state index in [1.165, 1.54) is 6.07 Å². The first-order valence-corrected chi connectivity index (χ1v) is 5.67. The van der Waals surface area contributed by atoms with Crippen LogP contribution < -0.4 is 4.90 Å².